The predicted octanol–water partition coefficient (Wildman–Crippen LogP) is 1.88. The molecule has 96 valence electrons. The fourth-order valence-electron chi connectivity index (χ4n) is 0.905. The highest BCUT2D eigenvalue weighted by Crippen LogP contribution is 2.27. The molecule has 0 aliphatic carbocycles. The van der Waals surface area contributed by atoms with Crippen LogP contribution in [0.5, 0.6) is 0 Å². The van der Waals surface area contributed by atoms with Gasteiger partial charge in [0.1, 0.15) is 11.1 Å². The van der Waals surface area contributed by atoms with E-state index in [-0.39, 0.29) is 0 Å². The van der Waals surface area contributed by atoms with Crippen LogP contribution in [0.15, 0.2) is 0 Å². The summed E-state index contributed by atoms with van der Waals surface area (Å²) in [6.07, 6.45) is -0.884. The Morgan fingerprint density at radius 2 is 1.69 bits per heavy atom. The zero-order valence-electron chi connectivity index (χ0n) is 10.4. The number of ether oxygens (including phenoxy) is 1. The second-order valence-electron chi connectivity index (χ2n) is 5.16. The molecule has 0 rings (SSSR count). The van der Waals surface area contributed by atoms with Crippen molar-refractivity contribution in [3.05, 3.63) is 0 Å². The Labute approximate surface area is 94.5 Å². The number of carbonyl (C=O) groups is 1. The lowest BCUT2D eigenvalue weighted by Crippen LogP contribution is -2.59. The van der Waals surface area contributed by atoms with E-state index in [1.165, 1.54) is 13.8 Å². The Kier molecular flexibility index (Phi) is 4.27. The van der Waals surface area contributed by atoms with Crippen molar-refractivity contribution in [3.63, 3.8) is 0 Å². The smallest absolute Gasteiger partial charge is 0.408 e. The van der Waals surface area contributed by atoms with Crippen molar-refractivity contribution < 1.29 is 18.3 Å². The minimum absolute atomic E-state index is 0.724. The number of hydrogen-bond donors (Lipinski definition) is 2. The van der Waals surface area contributed by atoms with Crippen LogP contribution < -0.4 is 11.1 Å². The summed E-state index contributed by atoms with van der Waals surface area (Å²) >= 11 is 0. The first-order valence-corrected chi connectivity index (χ1v) is 5.00. The third kappa shape index (κ3) is 4.30. The van der Waals surface area contributed by atoms with Crippen molar-refractivity contribution in [2.24, 2.45) is 5.73 Å². The van der Waals surface area contributed by atoms with Crippen molar-refractivity contribution in [2.75, 3.05) is 6.54 Å². The van der Waals surface area contributed by atoms with E-state index in [1.54, 1.807) is 20.8 Å². The van der Waals surface area contributed by atoms with E-state index in [0.717, 1.165) is 0 Å². The van der Waals surface area contributed by atoms with Crippen LogP contribution in [0.2, 0.25) is 0 Å². The van der Waals surface area contributed by atoms with Gasteiger partial charge in [0, 0.05) is 0 Å². The summed E-state index contributed by atoms with van der Waals surface area (Å²) in [4.78, 5) is 11.3. The SMILES string of the molecule is CC(C)(C)OC(=O)NC(C)(C)C(F)(F)CN. The summed E-state index contributed by atoms with van der Waals surface area (Å²) in [5, 5.41) is 2.11. The maximum absolute atomic E-state index is 13.3. The molecule has 0 bridgehead atoms. The van der Waals surface area contributed by atoms with Crippen LogP contribution in [-0.2, 0) is 4.74 Å². The van der Waals surface area contributed by atoms with E-state index < -0.39 is 29.7 Å². The molecule has 0 saturated carbocycles. The lowest BCUT2D eigenvalue weighted by Gasteiger charge is -2.34. The second-order valence-corrected chi connectivity index (χ2v) is 5.16. The minimum atomic E-state index is -3.19. The van der Waals surface area contributed by atoms with Crippen LogP contribution in [0, 0.1) is 0 Å². The lowest BCUT2D eigenvalue weighted by molar-refractivity contribution is -0.0686. The Balaban J connectivity index is 4.55. The molecule has 0 aromatic rings. The number of alkyl halides is 2. The highest BCUT2D eigenvalue weighted by molar-refractivity contribution is 5.68. The minimum Gasteiger partial charge on any atom is -0.444 e. The molecule has 0 aromatic carbocycles. The molecule has 1 amide bonds. The van der Waals surface area contributed by atoms with Gasteiger partial charge in [-0.25, -0.2) is 13.6 Å². The molecule has 3 N–H and O–H groups in total. The average Bonchev–Trinajstić information content (AvgIpc) is 1.98. The molecule has 6 heteroatoms. The van der Waals surface area contributed by atoms with Crippen LogP contribution in [0.1, 0.15) is 34.6 Å². The van der Waals surface area contributed by atoms with Crippen molar-refractivity contribution >= 4 is 6.09 Å². The van der Waals surface area contributed by atoms with Crippen molar-refractivity contribution in [3.8, 4) is 0 Å². The van der Waals surface area contributed by atoms with Crippen LogP contribution in [0.4, 0.5) is 13.6 Å². The van der Waals surface area contributed by atoms with Gasteiger partial charge in [0.2, 0.25) is 0 Å². The zero-order chi connectivity index (χ0) is 13.2. The standard InChI is InChI=1S/C10H20F2N2O2/c1-8(2,3)16-7(15)14-9(4,5)10(11,12)6-13/h6,13H2,1-5H3,(H,14,15). The third-order valence-electron chi connectivity index (χ3n) is 1.98. The van der Waals surface area contributed by atoms with E-state index >= 15 is 0 Å². The van der Waals surface area contributed by atoms with Crippen LogP contribution in [0.3, 0.4) is 0 Å². The van der Waals surface area contributed by atoms with Crippen molar-refractivity contribution in [2.45, 2.75) is 51.7 Å². The second kappa shape index (κ2) is 4.53. The summed E-state index contributed by atoms with van der Waals surface area (Å²) in [7, 11) is 0. The first-order chi connectivity index (χ1) is 6.91. The molecule has 0 unspecified atom stereocenters. The van der Waals surface area contributed by atoms with Crippen molar-refractivity contribution in [1.82, 2.24) is 5.32 Å². The number of carbonyl (C=O) groups excluding carboxylic acids is 1. The van der Waals surface area contributed by atoms with Gasteiger partial charge in [-0.1, -0.05) is 0 Å². The highest BCUT2D eigenvalue weighted by Gasteiger charge is 2.47. The van der Waals surface area contributed by atoms with Crippen molar-refractivity contribution in [1.29, 1.82) is 0 Å². The molecule has 0 heterocycles. The van der Waals surface area contributed by atoms with Crippen LogP contribution >= 0.6 is 0 Å². The Morgan fingerprint density at radius 1 is 1.25 bits per heavy atom. The molecular weight excluding hydrogens is 218 g/mol. The number of alkyl carbamates (subject to hydrolysis) is 1. The topological polar surface area (TPSA) is 64.3 Å². The average molecular weight is 238 g/mol. The fourth-order valence-corrected chi connectivity index (χ4v) is 0.905. The molecule has 0 atom stereocenters. The number of rotatable bonds is 3. The van der Waals surface area contributed by atoms with E-state index in [0.29, 0.717) is 0 Å². The normalized spacial score (nSPS) is 13.5. The van der Waals surface area contributed by atoms with Gasteiger partial charge < -0.3 is 15.8 Å². The monoisotopic (exact) mass is 238 g/mol. The van der Waals surface area contributed by atoms with Gasteiger partial charge in [0.15, 0.2) is 0 Å². The number of nitrogens with two attached hydrogens (primary N) is 1. The lowest BCUT2D eigenvalue weighted by atomic mass is 9.96. The van der Waals surface area contributed by atoms with Gasteiger partial charge >= 0.3 is 6.09 Å². The molecule has 0 aromatic heterocycles. The zero-order valence-corrected chi connectivity index (χ0v) is 10.4. The predicted molar refractivity (Wildman–Crippen MR) is 57.5 cm³/mol. The molecule has 16 heavy (non-hydrogen) atoms. The highest BCUT2D eigenvalue weighted by atomic mass is 19.3. The molecule has 4 nitrogen and oxygen atoms in total. The summed E-state index contributed by atoms with van der Waals surface area (Å²) in [6.45, 7) is 6.52. The number of amides is 1. The summed E-state index contributed by atoms with van der Waals surface area (Å²) in [5.41, 5.74) is 2.48. The van der Waals surface area contributed by atoms with Crippen LogP contribution in [-0.4, -0.2) is 29.7 Å². The largest absolute Gasteiger partial charge is 0.444 e. The van der Waals surface area contributed by atoms with Gasteiger partial charge in [-0.15, -0.1) is 0 Å². The Bertz CT molecular complexity index is 260. The van der Waals surface area contributed by atoms with Gasteiger partial charge in [-0.05, 0) is 34.6 Å². The van der Waals surface area contributed by atoms with E-state index in [2.05, 4.69) is 5.32 Å². The number of hydrogen-bond acceptors (Lipinski definition) is 3. The molecular formula is C10H20F2N2O2. The summed E-state index contributed by atoms with van der Waals surface area (Å²) in [5.74, 6) is -3.19. The first kappa shape index (κ1) is 15.1. The maximum Gasteiger partial charge on any atom is 0.408 e. The fraction of sp³-hybridized carbons (Fsp3) is 0.900. The maximum atomic E-state index is 13.3. The molecule has 0 spiro atoms. The Morgan fingerprint density at radius 3 is 2.00 bits per heavy atom. The summed E-state index contributed by atoms with van der Waals surface area (Å²) < 4.78 is 31.5. The molecule has 0 fully saturated rings. The quantitative estimate of drug-likeness (QED) is 0.789. The Hall–Kier alpha value is -0.910. The molecule has 0 aliphatic rings. The first-order valence-electron chi connectivity index (χ1n) is 5.00. The van der Waals surface area contributed by atoms with Crippen LogP contribution in [0.25, 0.3) is 0 Å². The number of halogens is 2. The third-order valence-corrected chi connectivity index (χ3v) is 1.98. The number of nitrogens with one attached hydrogen (secondary N) is 1. The van der Waals surface area contributed by atoms with Gasteiger partial charge in [0.25, 0.3) is 5.92 Å². The summed E-state index contributed by atoms with van der Waals surface area (Å²) in [6, 6.07) is 0. The van der Waals surface area contributed by atoms with Gasteiger partial charge in [-0.3, -0.25) is 0 Å². The van der Waals surface area contributed by atoms with E-state index in [1.807, 2.05) is 0 Å². The van der Waals surface area contributed by atoms with E-state index in [9.17, 15) is 13.6 Å². The molecule has 0 radical (unpaired) electrons. The molecule has 0 aliphatic heterocycles. The van der Waals surface area contributed by atoms with Gasteiger partial charge in [0.05, 0.1) is 6.54 Å². The van der Waals surface area contributed by atoms with E-state index in [4.69, 9.17) is 10.5 Å². The molecule has 0 saturated heterocycles. The van der Waals surface area contributed by atoms with Gasteiger partial charge in [-0.2, -0.15) is 0 Å².